The lowest BCUT2D eigenvalue weighted by atomic mass is 10.0. The summed E-state index contributed by atoms with van der Waals surface area (Å²) in [5.41, 5.74) is 6.10. The number of hydrogen-bond donors (Lipinski definition) is 2. The Labute approximate surface area is 101 Å². The highest BCUT2D eigenvalue weighted by molar-refractivity contribution is 5.97. The molecule has 1 aromatic heterocycles. The maximum atomic E-state index is 12.5. The fourth-order valence-electron chi connectivity index (χ4n) is 1.69. The number of nitrogens with one attached hydrogen (secondary N) is 1. The topological polar surface area (TPSA) is 84.7 Å². The first-order chi connectivity index (χ1) is 8.59. The van der Waals surface area contributed by atoms with E-state index >= 15 is 0 Å². The van der Waals surface area contributed by atoms with Gasteiger partial charge in [-0.05, 0) is 5.56 Å². The van der Waals surface area contributed by atoms with Crippen molar-refractivity contribution in [1.82, 2.24) is 15.4 Å². The number of nitrogens with two attached hydrogens (primary N) is 1. The fourth-order valence-corrected chi connectivity index (χ4v) is 1.69. The van der Waals surface area contributed by atoms with Crippen LogP contribution in [0.1, 0.15) is 16.1 Å². The number of aromatic nitrogens is 3. The number of hydrogen-bond acceptors (Lipinski definition) is 3. The number of primary amides is 1. The molecule has 0 aliphatic rings. The van der Waals surface area contributed by atoms with Crippen LogP contribution in [0.5, 0.6) is 0 Å². The molecule has 0 aliphatic heterocycles. The molecule has 5 nitrogen and oxygen atoms in total. The second kappa shape index (κ2) is 4.91. The van der Waals surface area contributed by atoms with E-state index in [0.717, 1.165) is 0 Å². The van der Waals surface area contributed by atoms with Gasteiger partial charge in [-0.3, -0.25) is 4.79 Å². The van der Waals surface area contributed by atoms with Gasteiger partial charge in [0, 0.05) is 12.0 Å². The predicted octanol–water partition coefficient (Wildman–Crippen LogP) is 1.38. The minimum atomic E-state index is -2.48. The largest absolute Gasteiger partial charge is 0.364 e. The van der Waals surface area contributed by atoms with Gasteiger partial charge in [0.1, 0.15) is 5.69 Å². The van der Waals surface area contributed by atoms with Crippen LogP contribution in [0.3, 0.4) is 0 Å². The minimum absolute atomic E-state index is 0.0586. The molecule has 0 fully saturated rings. The molecule has 18 heavy (non-hydrogen) atoms. The second-order valence-corrected chi connectivity index (χ2v) is 3.64. The monoisotopic (exact) mass is 252 g/mol. The molecule has 2 aromatic rings. The highest BCUT2D eigenvalue weighted by atomic mass is 19.3. The summed E-state index contributed by atoms with van der Waals surface area (Å²) in [5.74, 6) is -0.759. The summed E-state index contributed by atoms with van der Waals surface area (Å²) in [6.45, 7) is 0. The summed E-state index contributed by atoms with van der Waals surface area (Å²) in [7, 11) is 0. The molecule has 1 aromatic carbocycles. The third kappa shape index (κ3) is 2.34. The zero-order chi connectivity index (χ0) is 13.1. The summed E-state index contributed by atoms with van der Waals surface area (Å²) in [4.78, 5) is 11.1. The maximum Gasteiger partial charge on any atom is 0.271 e. The molecule has 1 amide bonds. The Morgan fingerprint density at radius 1 is 1.33 bits per heavy atom. The van der Waals surface area contributed by atoms with Crippen LogP contribution in [-0.2, 0) is 6.42 Å². The number of nitrogens with zero attached hydrogens (tertiary/aromatic N) is 2. The first kappa shape index (κ1) is 12.2. The van der Waals surface area contributed by atoms with Crippen LogP contribution < -0.4 is 5.73 Å². The molecule has 0 bridgehead atoms. The third-order valence-corrected chi connectivity index (χ3v) is 2.43. The third-order valence-electron chi connectivity index (χ3n) is 2.43. The number of amides is 1. The first-order valence-electron chi connectivity index (χ1n) is 5.16. The van der Waals surface area contributed by atoms with Gasteiger partial charge in [-0.25, -0.2) is 8.78 Å². The lowest BCUT2D eigenvalue weighted by Gasteiger charge is -2.07. The van der Waals surface area contributed by atoms with E-state index in [-0.39, 0.29) is 11.4 Å². The summed E-state index contributed by atoms with van der Waals surface area (Å²) < 4.78 is 24.9. The van der Waals surface area contributed by atoms with Crippen molar-refractivity contribution in [3.05, 3.63) is 35.5 Å². The van der Waals surface area contributed by atoms with E-state index in [1.807, 2.05) is 0 Å². The van der Waals surface area contributed by atoms with Gasteiger partial charge < -0.3 is 5.73 Å². The summed E-state index contributed by atoms with van der Waals surface area (Å²) >= 11 is 0. The summed E-state index contributed by atoms with van der Waals surface area (Å²) in [5, 5.41) is 9.68. The average molecular weight is 252 g/mol. The number of aromatic amines is 1. The van der Waals surface area contributed by atoms with E-state index in [1.165, 1.54) is 0 Å². The molecule has 0 atom stereocenters. The number of alkyl halides is 2. The van der Waals surface area contributed by atoms with Crippen LogP contribution in [-0.4, -0.2) is 27.7 Å². The van der Waals surface area contributed by atoms with Gasteiger partial charge in [-0.1, -0.05) is 24.3 Å². The number of halogens is 2. The molecule has 0 spiro atoms. The molecule has 3 N–H and O–H groups in total. The lowest BCUT2D eigenvalue weighted by Crippen LogP contribution is -2.13. The maximum absolute atomic E-state index is 12.5. The van der Waals surface area contributed by atoms with Gasteiger partial charge in [0.05, 0.1) is 0 Å². The van der Waals surface area contributed by atoms with E-state index in [1.54, 1.807) is 24.3 Å². The molecule has 0 aliphatic carbocycles. The number of benzene rings is 1. The molecule has 7 heteroatoms. The standard InChI is InChI=1S/C11H10F2N4O/c12-8(13)5-6-3-1-2-4-7(6)9-10(11(14)18)16-17-15-9/h1-4,8H,5H2,(H2,14,18)(H,15,16,17). The van der Waals surface area contributed by atoms with Gasteiger partial charge in [0.25, 0.3) is 5.91 Å². The smallest absolute Gasteiger partial charge is 0.271 e. The molecular formula is C11H10F2N4O. The Hall–Kier alpha value is -2.31. The van der Waals surface area contributed by atoms with Gasteiger partial charge in [-0.15, -0.1) is 0 Å². The molecule has 0 saturated carbocycles. The Morgan fingerprint density at radius 3 is 2.72 bits per heavy atom. The van der Waals surface area contributed by atoms with Crippen LogP contribution in [0, 0.1) is 0 Å². The van der Waals surface area contributed by atoms with Crippen LogP contribution in [0.15, 0.2) is 24.3 Å². The van der Waals surface area contributed by atoms with E-state index in [2.05, 4.69) is 15.4 Å². The molecule has 1 heterocycles. The average Bonchev–Trinajstić information content (AvgIpc) is 2.77. The summed E-state index contributed by atoms with van der Waals surface area (Å²) in [6, 6.07) is 6.47. The van der Waals surface area contributed by atoms with Crippen LogP contribution in [0.4, 0.5) is 8.78 Å². The van der Waals surface area contributed by atoms with E-state index in [4.69, 9.17) is 5.73 Å². The molecule has 0 saturated heterocycles. The molecular weight excluding hydrogens is 242 g/mol. The zero-order valence-corrected chi connectivity index (χ0v) is 9.23. The van der Waals surface area contributed by atoms with Crippen molar-refractivity contribution in [3.8, 4) is 11.3 Å². The molecule has 2 rings (SSSR count). The van der Waals surface area contributed by atoms with E-state index < -0.39 is 18.8 Å². The SMILES string of the molecule is NC(=O)c1n[nH]nc1-c1ccccc1CC(F)F. The summed E-state index contributed by atoms with van der Waals surface area (Å²) in [6.07, 6.45) is -2.89. The second-order valence-electron chi connectivity index (χ2n) is 3.64. The van der Waals surface area contributed by atoms with Crippen molar-refractivity contribution in [2.45, 2.75) is 12.8 Å². The van der Waals surface area contributed by atoms with E-state index in [9.17, 15) is 13.6 Å². The Morgan fingerprint density at radius 2 is 2.06 bits per heavy atom. The van der Waals surface area contributed by atoms with Crippen LogP contribution >= 0.6 is 0 Å². The number of carbonyl (C=O) groups is 1. The van der Waals surface area contributed by atoms with Crippen LogP contribution in [0.2, 0.25) is 0 Å². The minimum Gasteiger partial charge on any atom is -0.364 e. The zero-order valence-electron chi connectivity index (χ0n) is 9.23. The number of H-pyrrole nitrogens is 1. The van der Waals surface area contributed by atoms with E-state index in [0.29, 0.717) is 11.1 Å². The van der Waals surface area contributed by atoms with Crippen molar-refractivity contribution >= 4 is 5.91 Å². The number of carbonyl (C=O) groups excluding carboxylic acids is 1. The van der Waals surface area contributed by atoms with Gasteiger partial charge in [-0.2, -0.15) is 15.4 Å². The van der Waals surface area contributed by atoms with Crippen molar-refractivity contribution < 1.29 is 13.6 Å². The molecule has 94 valence electrons. The Kier molecular flexibility index (Phi) is 3.31. The Bertz CT molecular complexity index is 568. The first-order valence-corrected chi connectivity index (χ1v) is 5.16. The lowest BCUT2D eigenvalue weighted by molar-refractivity contribution is 0.0996. The van der Waals surface area contributed by atoms with Crippen molar-refractivity contribution in [3.63, 3.8) is 0 Å². The normalized spacial score (nSPS) is 10.8. The van der Waals surface area contributed by atoms with Crippen molar-refractivity contribution in [2.75, 3.05) is 0 Å². The van der Waals surface area contributed by atoms with Gasteiger partial charge in [0.15, 0.2) is 5.69 Å². The van der Waals surface area contributed by atoms with Gasteiger partial charge >= 0.3 is 0 Å². The molecule has 0 unspecified atom stereocenters. The Balaban J connectivity index is 2.50. The fraction of sp³-hybridized carbons (Fsp3) is 0.182. The van der Waals surface area contributed by atoms with Crippen molar-refractivity contribution in [2.24, 2.45) is 5.73 Å². The van der Waals surface area contributed by atoms with Crippen LogP contribution in [0.25, 0.3) is 11.3 Å². The molecule has 0 radical (unpaired) electrons. The number of rotatable bonds is 4. The van der Waals surface area contributed by atoms with Crippen molar-refractivity contribution in [1.29, 1.82) is 0 Å². The highest BCUT2D eigenvalue weighted by Crippen LogP contribution is 2.25. The predicted molar refractivity (Wildman–Crippen MR) is 60.0 cm³/mol. The van der Waals surface area contributed by atoms with Gasteiger partial charge in [0.2, 0.25) is 6.43 Å². The highest BCUT2D eigenvalue weighted by Gasteiger charge is 2.18. The quantitative estimate of drug-likeness (QED) is 0.862.